The second-order valence-electron chi connectivity index (χ2n) is 8.51. The van der Waals surface area contributed by atoms with Crippen molar-refractivity contribution in [1.29, 1.82) is 0 Å². The predicted molar refractivity (Wildman–Crippen MR) is 128 cm³/mol. The summed E-state index contributed by atoms with van der Waals surface area (Å²) in [7, 11) is 1.66. The SMILES string of the molecule is COc1ccc(-c2c(C(C)=O)n(Cc3cccc(OCC4CC4)c3)c3ccccc23)cc1. The van der Waals surface area contributed by atoms with Gasteiger partial charge >= 0.3 is 0 Å². The van der Waals surface area contributed by atoms with Crippen molar-refractivity contribution in [2.45, 2.75) is 26.3 Å². The van der Waals surface area contributed by atoms with E-state index in [4.69, 9.17) is 9.47 Å². The number of benzene rings is 3. The van der Waals surface area contributed by atoms with Crippen molar-refractivity contribution in [3.05, 3.63) is 84.1 Å². The van der Waals surface area contributed by atoms with Crippen LogP contribution in [-0.2, 0) is 6.54 Å². The van der Waals surface area contributed by atoms with Crippen molar-refractivity contribution in [1.82, 2.24) is 4.57 Å². The highest BCUT2D eigenvalue weighted by Gasteiger charge is 2.23. The summed E-state index contributed by atoms with van der Waals surface area (Å²) in [6.07, 6.45) is 2.54. The molecule has 0 saturated heterocycles. The zero-order valence-electron chi connectivity index (χ0n) is 18.5. The van der Waals surface area contributed by atoms with Gasteiger partial charge in [-0.25, -0.2) is 0 Å². The molecule has 3 aromatic carbocycles. The monoisotopic (exact) mass is 425 g/mol. The molecule has 0 aliphatic heterocycles. The standard InChI is InChI=1S/C28H27NO3/c1-19(30)28-27(22-12-14-23(31-2)15-13-22)25-8-3-4-9-26(25)29(28)17-21-6-5-7-24(16-21)32-18-20-10-11-20/h3-9,12-16,20H,10-11,17-18H2,1-2H3. The average molecular weight is 426 g/mol. The Morgan fingerprint density at radius 3 is 2.47 bits per heavy atom. The number of hydrogen-bond acceptors (Lipinski definition) is 3. The third kappa shape index (κ3) is 4.01. The molecule has 1 aliphatic rings. The number of para-hydroxylation sites is 1. The molecule has 32 heavy (non-hydrogen) atoms. The maximum Gasteiger partial charge on any atom is 0.176 e. The molecule has 0 amide bonds. The van der Waals surface area contributed by atoms with E-state index in [1.807, 2.05) is 48.5 Å². The molecule has 1 aliphatic carbocycles. The number of nitrogens with zero attached hydrogens (tertiary/aromatic N) is 1. The van der Waals surface area contributed by atoms with Crippen molar-refractivity contribution in [2.75, 3.05) is 13.7 Å². The summed E-state index contributed by atoms with van der Waals surface area (Å²) < 4.78 is 13.4. The Bertz CT molecular complexity index is 1270. The van der Waals surface area contributed by atoms with Crippen molar-refractivity contribution >= 4 is 16.7 Å². The minimum absolute atomic E-state index is 0.0492. The summed E-state index contributed by atoms with van der Waals surface area (Å²) in [6.45, 7) is 3.04. The van der Waals surface area contributed by atoms with Crippen molar-refractivity contribution in [2.24, 2.45) is 5.92 Å². The second kappa shape index (κ2) is 8.54. The fourth-order valence-electron chi connectivity index (χ4n) is 4.30. The van der Waals surface area contributed by atoms with Gasteiger partial charge in [0.25, 0.3) is 0 Å². The zero-order chi connectivity index (χ0) is 22.1. The lowest BCUT2D eigenvalue weighted by Gasteiger charge is -2.12. The van der Waals surface area contributed by atoms with Crippen LogP contribution in [0.15, 0.2) is 72.8 Å². The Kier molecular flexibility index (Phi) is 5.44. The highest BCUT2D eigenvalue weighted by Crippen LogP contribution is 2.37. The molecule has 162 valence electrons. The molecule has 1 fully saturated rings. The lowest BCUT2D eigenvalue weighted by atomic mass is 10.0. The lowest BCUT2D eigenvalue weighted by Crippen LogP contribution is -2.09. The molecule has 5 rings (SSSR count). The average Bonchev–Trinajstić information content (AvgIpc) is 3.60. The summed E-state index contributed by atoms with van der Waals surface area (Å²) in [6, 6.07) is 24.4. The number of ether oxygens (including phenoxy) is 2. The van der Waals surface area contributed by atoms with Crippen LogP contribution in [0.25, 0.3) is 22.0 Å². The highest BCUT2D eigenvalue weighted by molar-refractivity contribution is 6.10. The van der Waals surface area contributed by atoms with Crippen LogP contribution in [0.1, 0.15) is 35.8 Å². The zero-order valence-corrected chi connectivity index (χ0v) is 18.5. The number of rotatable bonds is 8. The number of methoxy groups -OCH3 is 1. The second-order valence-corrected chi connectivity index (χ2v) is 8.51. The van der Waals surface area contributed by atoms with Gasteiger partial charge in [-0.2, -0.15) is 0 Å². The van der Waals surface area contributed by atoms with Gasteiger partial charge < -0.3 is 14.0 Å². The van der Waals surface area contributed by atoms with Gasteiger partial charge in [-0.05, 0) is 60.2 Å². The minimum Gasteiger partial charge on any atom is -0.497 e. The van der Waals surface area contributed by atoms with Crippen LogP contribution in [0.4, 0.5) is 0 Å². The Morgan fingerprint density at radius 2 is 1.75 bits per heavy atom. The Morgan fingerprint density at radius 1 is 0.969 bits per heavy atom. The molecular formula is C28H27NO3. The molecule has 0 bridgehead atoms. The van der Waals surface area contributed by atoms with E-state index in [-0.39, 0.29) is 5.78 Å². The molecule has 4 heteroatoms. The number of carbonyl (C=O) groups excluding carboxylic acids is 1. The van der Waals surface area contributed by atoms with Gasteiger partial charge in [-0.1, -0.05) is 42.5 Å². The summed E-state index contributed by atoms with van der Waals surface area (Å²) in [5, 5.41) is 1.07. The normalized spacial score (nSPS) is 13.3. The third-order valence-electron chi connectivity index (χ3n) is 6.10. The third-order valence-corrected chi connectivity index (χ3v) is 6.10. The molecule has 1 saturated carbocycles. The maximum absolute atomic E-state index is 12.9. The Labute approximate surface area is 188 Å². The van der Waals surface area contributed by atoms with Crippen LogP contribution in [0, 0.1) is 5.92 Å². The molecule has 0 unspecified atom stereocenters. The summed E-state index contributed by atoms with van der Waals surface area (Å²) in [4.78, 5) is 12.9. The Balaban J connectivity index is 1.59. The number of aromatic nitrogens is 1. The van der Waals surface area contributed by atoms with Crippen LogP contribution in [0.5, 0.6) is 11.5 Å². The van der Waals surface area contributed by atoms with Gasteiger partial charge in [-0.3, -0.25) is 4.79 Å². The maximum atomic E-state index is 12.9. The van der Waals surface area contributed by atoms with Crippen molar-refractivity contribution in [3.8, 4) is 22.6 Å². The number of hydrogen-bond donors (Lipinski definition) is 0. The van der Waals surface area contributed by atoms with E-state index in [1.54, 1.807) is 14.0 Å². The first-order valence-electron chi connectivity index (χ1n) is 11.1. The molecule has 4 nitrogen and oxygen atoms in total. The van der Waals surface area contributed by atoms with E-state index in [1.165, 1.54) is 12.8 Å². The number of Topliss-reactive ketones (excluding diaryl/α,β-unsaturated/α-hetero) is 1. The van der Waals surface area contributed by atoms with E-state index in [2.05, 4.69) is 28.8 Å². The molecule has 4 aromatic rings. The van der Waals surface area contributed by atoms with E-state index >= 15 is 0 Å². The number of carbonyl (C=O) groups is 1. The van der Waals surface area contributed by atoms with Crippen molar-refractivity contribution < 1.29 is 14.3 Å². The van der Waals surface area contributed by atoms with Crippen LogP contribution in [-0.4, -0.2) is 24.1 Å². The van der Waals surface area contributed by atoms with Gasteiger partial charge in [0.1, 0.15) is 11.5 Å². The molecule has 0 spiro atoms. The first-order chi connectivity index (χ1) is 15.6. The largest absolute Gasteiger partial charge is 0.497 e. The summed E-state index contributed by atoms with van der Waals surface area (Å²) in [5.41, 5.74) is 4.86. The smallest absolute Gasteiger partial charge is 0.176 e. The van der Waals surface area contributed by atoms with Gasteiger partial charge in [0, 0.05) is 29.9 Å². The first-order valence-corrected chi connectivity index (χ1v) is 11.1. The van der Waals surface area contributed by atoms with Gasteiger partial charge in [-0.15, -0.1) is 0 Å². The topological polar surface area (TPSA) is 40.5 Å². The van der Waals surface area contributed by atoms with Crippen LogP contribution in [0.3, 0.4) is 0 Å². The van der Waals surface area contributed by atoms with E-state index < -0.39 is 0 Å². The van der Waals surface area contributed by atoms with Gasteiger partial charge in [0.2, 0.25) is 0 Å². The van der Waals surface area contributed by atoms with Crippen LogP contribution in [0.2, 0.25) is 0 Å². The predicted octanol–water partition coefficient (Wildman–Crippen LogP) is 6.36. The minimum atomic E-state index is 0.0492. The molecule has 1 aromatic heterocycles. The fourth-order valence-corrected chi connectivity index (χ4v) is 4.30. The van der Waals surface area contributed by atoms with Crippen LogP contribution < -0.4 is 9.47 Å². The number of ketones is 1. The van der Waals surface area contributed by atoms with E-state index in [9.17, 15) is 4.79 Å². The number of fused-ring (bicyclic) bond motifs is 1. The van der Waals surface area contributed by atoms with Crippen LogP contribution >= 0.6 is 0 Å². The molecule has 0 radical (unpaired) electrons. The molecule has 0 atom stereocenters. The highest BCUT2D eigenvalue weighted by atomic mass is 16.5. The quantitative estimate of drug-likeness (QED) is 0.309. The lowest BCUT2D eigenvalue weighted by molar-refractivity contribution is 0.101. The fraction of sp³-hybridized carbons (Fsp3) is 0.250. The summed E-state index contributed by atoms with van der Waals surface area (Å²) in [5.74, 6) is 2.45. The summed E-state index contributed by atoms with van der Waals surface area (Å²) >= 11 is 0. The van der Waals surface area contributed by atoms with E-state index in [0.717, 1.165) is 51.4 Å². The molecular weight excluding hydrogens is 398 g/mol. The first kappa shape index (κ1) is 20.4. The Hall–Kier alpha value is -3.53. The molecule has 0 N–H and O–H groups in total. The van der Waals surface area contributed by atoms with Gasteiger partial charge in [0.05, 0.1) is 19.4 Å². The van der Waals surface area contributed by atoms with Gasteiger partial charge in [0.15, 0.2) is 5.78 Å². The molecule has 1 heterocycles. The van der Waals surface area contributed by atoms with Crippen molar-refractivity contribution in [3.63, 3.8) is 0 Å². The van der Waals surface area contributed by atoms with E-state index in [0.29, 0.717) is 12.5 Å².